The summed E-state index contributed by atoms with van der Waals surface area (Å²) < 4.78 is 1.90. The van der Waals surface area contributed by atoms with Crippen LogP contribution in [0.4, 0.5) is 0 Å². The zero-order valence-corrected chi connectivity index (χ0v) is 9.18. The normalized spacial score (nSPS) is 10.0. The molecule has 1 aromatic heterocycles. The molecular weight excluding hydrogens is 255 g/mol. The van der Waals surface area contributed by atoms with E-state index in [1.165, 1.54) is 17.1 Å². The van der Waals surface area contributed by atoms with E-state index in [0.29, 0.717) is 16.9 Å². The first-order valence-corrected chi connectivity index (χ1v) is 4.90. The van der Waals surface area contributed by atoms with Gasteiger partial charge in [-0.3, -0.25) is 9.36 Å². The van der Waals surface area contributed by atoms with Crippen LogP contribution in [0.2, 0.25) is 0 Å². The van der Waals surface area contributed by atoms with Crippen molar-refractivity contribution in [2.24, 2.45) is 0 Å². The van der Waals surface area contributed by atoms with Crippen molar-refractivity contribution in [3.63, 3.8) is 0 Å². The Kier molecular flexibility index (Phi) is 3.69. The number of nitrogens with zero attached hydrogens (tertiary/aromatic N) is 2. The van der Waals surface area contributed by atoms with Crippen LogP contribution in [0.15, 0.2) is 33.9 Å². The average Bonchev–Trinajstić information content (AvgIpc) is 2.13. The van der Waals surface area contributed by atoms with Gasteiger partial charge in [-0.2, -0.15) is 0 Å². The van der Waals surface area contributed by atoms with E-state index in [1.54, 1.807) is 0 Å². The Morgan fingerprint density at radius 3 is 3.08 bits per heavy atom. The van der Waals surface area contributed by atoms with Crippen molar-refractivity contribution in [1.82, 2.24) is 9.55 Å². The van der Waals surface area contributed by atoms with Crippen LogP contribution in [-0.4, -0.2) is 15.4 Å². The molecule has 1 rings (SSSR count). The highest BCUT2D eigenvalue weighted by Crippen LogP contribution is 2.01. The largest absolute Gasteiger partial charge is 0.294 e. The number of alkyl halides is 1. The molecule has 5 heteroatoms. The predicted molar refractivity (Wildman–Crippen MR) is 56.1 cm³/mol. The van der Waals surface area contributed by atoms with E-state index in [9.17, 15) is 4.79 Å². The molecule has 0 saturated heterocycles. The number of hydrogen-bond donors (Lipinski definition) is 0. The molecule has 0 fully saturated rings. The third-order valence-electron chi connectivity index (χ3n) is 1.44. The lowest BCUT2D eigenvalue weighted by atomic mass is 10.3. The third kappa shape index (κ3) is 2.67. The topological polar surface area (TPSA) is 34.9 Å². The molecule has 0 atom stereocenters. The Hall–Kier alpha value is -0.610. The van der Waals surface area contributed by atoms with E-state index in [1.807, 2.05) is 0 Å². The number of halogens is 2. The first kappa shape index (κ1) is 10.5. The van der Waals surface area contributed by atoms with E-state index < -0.39 is 0 Å². The van der Waals surface area contributed by atoms with Gasteiger partial charge in [0.15, 0.2) is 0 Å². The first-order valence-electron chi connectivity index (χ1n) is 3.57. The van der Waals surface area contributed by atoms with Gasteiger partial charge in [0.1, 0.15) is 4.47 Å². The highest BCUT2D eigenvalue weighted by molar-refractivity contribution is 9.10. The predicted octanol–water partition coefficient (Wildman–Crippen LogP) is 1.80. The van der Waals surface area contributed by atoms with E-state index >= 15 is 0 Å². The van der Waals surface area contributed by atoms with Crippen molar-refractivity contribution in [2.75, 3.05) is 5.88 Å². The molecule has 0 bridgehead atoms. The molecule has 0 radical (unpaired) electrons. The summed E-state index contributed by atoms with van der Waals surface area (Å²) in [6.45, 7) is 4.12. The Morgan fingerprint density at radius 2 is 2.46 bits per heavy atom. The van der Waals surface area contributed by atoms with Crippen LogP contribution in [0.25, 0.3) is 0 Å². The van der Waals surface area contributed by atoms with E-state index in [0.717, 1.165) is 5.57 Å². The van der Waals surface area contributed by atoms with Gasteiger partial charge in [0.05, 0.1) is 6.33 Å². The van der Waals surface area contributed by atoms with Gasteiger partial charge < -0.3 is 0 Å². The fourth-order valence-corrected chi connectivity index (χ4v) is 1.25. The van der Waals surface area contributed by atoms with Crippen LogP contribution in [0.5, 0.6) is 0 Å². The molecule has 1 heterocycles. The average molecular weight is 264 g/mol. The van der Waals surface area contributed by atoms with Gasteiger partial charge in [-0.05, 0) is 21.5 Å². The van der Waals surface area contributed by atoms with E-state index in [-0.39, 0.29) is 5.56 Å². The molecule has 0 N–H and O–H groups in total. The molecule has 0 unspecified atom stereocenters. The van der Waals surface area contributed by atoms with Crippen LogP contribution in [0, 0.1) is 0 Å². The number of rotatable bonds is 3. The fourth-order valence-electron chi connectivity index (χ4n) is 0.820. The summed E-state index contributed by atoms with van der Waals surface area (Å²) >= 11 is 8.65. The first-order chi connectivity index (χ1) is 6.15. The van der Waals surface area contributed by atoms with Crippen LogP contribution < -0.4 is 5.56 Å². The minimum absolute atomic E-state index is 0.124. The molecule has 13 heavy (non-hydrogen) atoms. The summed E-state index contributed by atoms with van der Waals surface area (Å²) in [5.41, 5.74) is 0.657. The Bertz CT molecular complexity index is 375. The van der Waals surface area contributed by atoms with E-state index in [4.69, 9.17) is 11.6 Å². The second-order valence-corrected chi connectivity index (χ2v) is 3.68. The SMILES string of the molecule is C=C(CCl)Cn1cncc(Br)c1=O. The smallest absolute Gasteiger partial charge is 0.267 e. The summed E-state index contributed by atoms with van der Waals surface area (Å²) in [6.07, 6.45) is 2.92. The fraction of sp³-hybridized carbons (Fsp3) is 0.250. The molecule has 0 aliphatic heterocycles. The summed E-state index contributed by atoms with van der Waals surface area (Å²) in [4.78, 5) is 15.3. The van der Waals surface area contributed by atoms with Crippen LogP contribution in [-0.2, 0) is 6.54 Å². The minimum Gasteiger partial charge on any atom is -0.294 e. The number of hydrogen-bond acceptors (Lipinski definition) is 2. The molecule has 0 aliphatic carbocycles. The Balaban J connectivity index is 2.96. The Morgan fingerprint density at radius 1 is 1.77 bits per heavy atom. The van der Waals surface area contributed by atoms with Crippen LogP contribution in [0.1, 0.15) is 0 Å². The van der Waals surface area contributed by atoms with Gasteiger partial charge in [-0.25, -0.2) is 4.98 Å². The molecule has 0 spiro atoms. The van der Waals surface area contributed by atoms with Crippen molar-refractivity contribution in [3.05, 3.63) is 39.5 Å². The Labute approximate surface area is 89.2 Å². The molecule has 1 aromatic rings. The quantitative estimate of drug-likeness (QED) is 0.616. The molecular formula is C8H8BrClN2O. The van der Waals surface area contributed by atoms with Crippen molar-refractivity contribution >= 4 is 27.5 Å². The lowest BCUT2D eigenvalue weighted by Gasteiger charge is -2.04. The second kappa shape index (κ2) is 4.58. The van der Waals surface area contributed by atoms with Gasteiger partial charge in [0, 0.05) is 18.6 Å². The summed E-state index contributed by atoms with van der Waals surface area (Å²) in [5.74, 6) is 0.346. The van der Waals surface area contributed by atoms with Gasteiger partial charge >= 0.3 is 0 Å². The highest BCUT2D eigenvalue weighted by Gasteiger charge is 2.01. The summed E-state index contributed by atoms with van der Waals surface area (Å²) in [6, 6.07) is 0. The molecule has 3 nitrogen and oxygen atoms in total. The molecule has 0 saturated carbocycles. The lowest BCUT2D eigenvalue weighted by molar-refractivity contribution is 0.723. The number of allylic oxidation sites excluding steroid dienone is 1. The zero-order valence-electron chi connectivity index (χ0n) is 6.83. The molecule has 0 aromatic carbocycles. The van der Waals surface area contributed by atoms with Gasteiger partial charge in [-0.1, -0.05) is 6.58 Å². The second-order valence-electron chi connectivity index (χ2n) is 2.56. The molecule has 0 amide bonds. The lowest BCUT2D eigenvalue weighted by Crippen LogP contribution is -2.21. The molecule has 0 aliphatic rings. The van der Waals surface area contributed by atoms with Crippen molar-refractivity contribution in [3.8, 4) is 0 Å². The summed E-state index contributed by atoms with van der Waals surface area (Å²) in [7, 11) is 0. The zero-order chi connectivity index (χ0) is 9.84. The van der Waals surface area contributed by atoms with Crippen LogP contribution >= 0.6 is 27.5 Å². The van der Waals surface area contributed by atoms with Gasteiger partial charge in [0.2, 0.25) is 0 Å². The monoisotopic (exact) mass is 262 g/mol. The highest BCUT2D eigenvalue weighted by atomic mass is 79.9. The third-order valence-corrected chi connectivity index (χ3v) is 2.36. The van der Waals surface area contributed by atoms with Gasteiger partial charge in [-0.15, -0.1) is 11.6 Å². The van der Waals surface area contributed by atoms with E-state index in [2.05, 4.69) is 27.5 Å². The maximum atomic E-state index is 11.4. The van der Waals surface area contributed by atoms with Crippen molar-refractivity contribution in [1.29, 1.82) is 0 Å². The molecule has 70 valence electrons. The maximum absolute atomic E-state index is 11.4. The summed E-state index contributed by atoms with van der Waals surface area (Å²) in [5, 5.41) is 0. The van der Waals surface area contributed by atoms with Crippen molar-refractivity contribution in [2.45, 2.75) is 6.54 Å². The van der Waals surface area contributed by atoms with Gasteiger partial charge in [0.25, 0.3) is 5.56 Å². The maximum Gasteiger partial charge on any atom is 0.267 e. The minimum atomic E-state index is -0.124. The number of aromatic nitrogens is 2. The standard InChI is InChI=1S/C8H8BrClN2O/c1-6(2-10)4-12-5-11-3-7(9)8(12)13/h3,5H,1-2,4H2. The van der Waals surface area contributed by atoms with Crippen LogP contribution in [0.3, 0.4) is 0 Å². The van der Waals surface area contributed by atoms with Crippen molar-refractivity contribution < 1.29 is 0 Å².